The topological polar surface area (TPSA) is 71.1 Å². The first-order chi connectivity index (χ1) is 14.5. The molecule has 0 aliphatic heterocycles. The number of aromatic nitrogens is 4. The molecule has 4 aromatic rings. The minimum atomic E-state index is -0.937. The Kier molecular flexibility index (Phi) is 5.28. The maximum absolute atomic E-state index is 14.5. The Bertz CT molecular complexity index is 1330. The lowest BCUT2D eigenvalue weighted by Crippen LogP contribution is -2.41. The summed E-state index contributed by atoms with van der Waals surface area (Å²) in [5.74, 6) is -1.71. The van der Waals surface area contributed by atoms with Crippen molar-refractivity contribution in [2.45, 2.75) is 13.1 Å². The van der Waals surface area contributed by atoms with Gasteiger partial charge in [0, 0.05) is 19.7 Å². The van der Waals surface area contributed by atoms with E-state index in [9.17, 15) is 18.4 Å². The van der Waals surface area contributed by atoms with Crippen LogP contribution in [0, 0.1) is 11.6 Å². The lowest BCUT2D eigenvalue weighted by molar-refractivity contribution is 0.184. The number of fused-ring (bicyclic) bond motifs is 1. The quantitative estimate of drug-likeness (QED) is 0.487. The van der Waals surface area contributed by atoms with Crippen molar-refractivity contribution in [1.29, 1.82) is 0 Å². The molecular formula is C21H18F2N4O3. The van der Waals surface area contributed by atoms with Crippen LogP contribution in [0.25, 0.3) is 16.9 Å². The van der Waals surface area contributed by atoms with E-state index in [1.165, 1.54) is 13.4 Å². The number of rotatable bonds is 6. The molecule has 9 heteroatoms. The van der Waals surface area contributed by atoms with E-state index in [0.717, 1.165) is 26.8 Å². The summed E-state index contributed by atoms with van der Waals surface area (Å²) >= 11 is 0. The fourth-order valence-corrected chi connectivity index (χ4v) is 3.34. The molecule has 0 atom stereocenters. The van der Waals surface area contributed by atoms with Crippen molar-refractivity contribution < 1.29 is 13.5 Å². The highest BCUT2D eigenvalue weighted by Gasteiger charge is 2.21. The summed E-state index contributed by atoms with van der Waals surface area (Å²) in [6.07, 6.45) is 1.43. The zero-order chi connectivity index (χ0) is 21.3. The van der Waals surface area contributed by atoms with Gasteiger partial charge in [-0.1, -0.05) is 30.3 Å². The molecule has 154 valence electrons. The Morgan fingerprint density at radius 1 is 1.07 bits per heavy atom. The highest BCUT2D eigenvalue weighted by molar-refractivity contribution is 5.72. The lowest BCUT2D eigenvalue weighted by Gasteiger charge is -2.13. The summed E-state index contributed by atoms with van der Waals surface area (Å²) in [6.45, 7) is 0.420. The second-order valence-electron chi connectivity index (χ2n) is 6.69. The highest BCUT2D eigenvalue weighted by Crippen LogP contribution is 2.18. The van der Waals surface area contributed by atoms with Crippen LogP contribution in [-0.2, 0) is 17.8 Å². The van der Waals surface area contributed by atoms with E-state index in [-0.39, 0.29) is 30.0 Å². The van der Waals surface area contributed by atoms with Crippen LogP contribution in [0.2, 0.25) is 0 Å². The number of hydrogen-bond donors (Lipinski definition) is 0. The van der Waals surface area contributed by atoms with Gasteiger partial charge in [-0.3, -0.25) is 9.36 Å². The van der Waals surface area contributed by atoms with Crippen molar-refractivity contribution in [1.82, 2.24) is 18.7 Å². The molecule has 2 aromatic heterocycles. The van der Waals surface area contributed by atoms with Gasteiger partial charge >= 0.3 is 5.69 Å². The lowest BCUT2D eigenvalue weighted by atomic mass is 10.2. The SMILES string of the molecule is COCCn1c(=O)c2c(ncn2Cc2ccccc2)n(-c2ccc(F)cc2F)c1=O. The number of ether oxygens (including phenoxy) is 1. The van der Waals surface area contributed by atoms with Crippen LogP contribution < -0.4 is 11.2 Å². The van der Waals surface area contributed by atoms with Crippen molar-refractivity contribution in [2.75, 3.05) is 13.7 Å². The molecule has 2 heterocycles. The van der Waals surface area contributed by atoms with Gasteiger partial charge < -0.3 is 9.30 Å². The molecule has 0 aliphatic carbocycles. The molecule has 0 N–H and O–H groups in total. The maximum Gasteiger partial charge on any atom is 0.337 e. The number of halogens is 2. The molecule has 4 rings (SSSR count). The number of hydrogen-bond acceptors (Lipinski definition) is 4. The summed E-state index contributed by atoms with van der Waals surface area (Å²) in [4.78, 5) is 30.4. The van der Waals surface area contributed by atoms with Gasteiger partial charge in [0.05, 0.1) is 25.2 Å². The molecule has 0 bridgehead atoms. The van der Waals surface area contributed by atoms with Crippen LogP contribution in [0.1, 0.15) is 5.56 Å². The summed E-state index contributed by atoms with van der Waals surface area (Å²) in [7, 11) is 1.45. The Labute approximate surface area is 169 Å². The monoisotopic (exact) mass is 412 g/mol. The maximum atomic E-state index is 14.5. The van der Waals surface area contributed by atoms with Gasteiger partial charge in [-0.25, -0.2) is 23.1 Å². The number of benzene rings is 2. The van der Waals surface area contributed by atoms with Gasteiger partial charge in [-0.05, 0) is 17.7 Å². The van der Waals surface area contributed by atoms with Crippen molar-refractivity contribution in [2.24, 2.45) is 0 Å². The Morgan fingerprint density at radius 2 is 1.83 bits per heavy atom. The van der Waals surface area contributed by atoms with E-state index in [4.69, 9.17) is 4.74 Å². The summed E-state index contributed by atoms with van der Waals surface area (Å²) in [6, 6.07) is 12.3. The van der Waals surface area contributed by atoms with E-state index in [1.807, 2.05) is 30.3 Å². The van der Waals surface area contributed by atoms with Crippen molar-refractivity contribution in [3.63, 3.8) is 0 Å². The number of methoxy groups -OCH3 is 1. The van der Waals surface area contributed by atoms with Crippen LogP contribution in [0.3, 0.4) is 0 Å². The molecule has 7 nitrogen and oxygen atoms in total. The van der Waals surface area contributed by atoms with Crippen molar-refractivity contribution >= 4 is 11.2 Å². The van der Waals surface area contributed by atoms with Crippen LogP contribution in [0.5, 0.6) is 0 Å². The van der Waals surface area contributed by atoms with Gasteiger partial charge in [-0.15, -0.1) is 0 Å². The van der Waals surface area contributed by atoms with Crippen LogP contribution in [-0.4, -0.2) is 32.4 Å². The third kappa shape index (κ3) is 3.43. The Hall–Kier alpha value is -3.59. The average Bonchev–Trinajstić information content (AvgIpc) is 3.13. The minimum absolute atomic E-state index is 0.0000983. The average molecular weight is 412 g/mol. The first kappa shape index (κ1) is 19.7. The molecule has 0 radical (unpaired) electrons. The molecule has 0 amide bonds. The van der Waals surface area contributed by atoms with E-state index in [2.05, 4.69) is 4.98 Å². The first-order valence-corrected chi connectivity index (χ1v) is 9.20. The summed E-state index contributed by atoms with van der Waals surface area (Å²) < 4.78 is 36.5. The fraction of sp³-hybridized carbons (Fsp3) is 0.190. The van der Waals surface area contributed by atoms with Crippen LogP contribution >= 0.6 is 0 Å². The second kappa shape index (κ2) is 8.03. The molecule has 30 heavy (non-hydrogen) atoms. The van der Waals surface area contributed by atoms with Gasteiger partial charge in [0.15, 0.2) is 11.2 Å². The highest BCUT2D eigenvalue weighted by atomic mass is 19.1. The van der Waals surface area contributed by atoms with E-state index < -0.39 is 22.9 Å². The molecule has 0 spiro atoms. The number of imidazole rings is 1. The van der Waals surface area contributed by atoms with Crippen LogP contribution in [0.15, 0.2) is 64.4 Å². The normalized spacial score (nSPS) is 11.3. The molecular weight excluding hydrogens is 394 g/mol. The first-order valence-electron chi connectivity index (χ1n) is 9.20. The van der Waals surface area contributed by atoms with E-state index in [1.54, 1.807) is 4.57 Å². The summed E-state index contributed by atoms with van der Waals surface area (Å²) in [5.41, 5.74) is -0.467. The standard InChI is InChI=1S/C21H18F2N4O3/c1-30-10-9-26-20(28)18-19(24-13-25(18)12-14-5-3-2-4-6-14)27(21(26)29)17-8-7-15(22)11-16(17)23/h2-8,11,13H,9-10,12H2,1H3. The van der Waals surface area contributed by atoms with Gasteiger partial charge in [0.2, 0.25) is 0 Å². The van der Waals surface area contributed by atoms with Gasteiger partial charge in [0.25, 0.3) is 5.56 Å². The summed E-state index contributed by atoms with van der Waals surface area (Å²) in [5, 5.41) is 0. The van der Waals surface area contributed by atoms with E-state index in [0.29, 0.717) is 12.6 Å². The molecule has 0 fully saturated rings. The zero-order valence-electron chi connectivity index (χ0n) is 16.1. The van der Waals surface area contributed by atoms with Crippen molar-refractivity contribution in [3.8, 4) is 5.69 Å². The van der Waals surface area contributed by atoms with Gasteiger partial charge in [-0.2, -0.15) is 0 Å². The molecule has 0 unspecified atom stereocenters. The fourth-order valence-electron chi connectivity index (χ4n) is 3.34. The largest absolute Gasteiger partial charge is 0.383 e. The minimum Gasteiger partial charge on any atom is -0.383 e. The molecule has 0 aliphatic rings. The van der Waals surface area contributed by atoms with E-state index >= 15 is 0 Å². The third-order valence-corrected chi connectivity index (χ3v) is 4.77. The Balaban J connectivity index is 2.01. The zero-order valence-corrected chi connectivity index (χ0v) is 16.1. The molecule has 0 saturated heterocycles. The number of nitrogens with zero attached hydrogens (tertiary/aromatic N) is 4. The predicted octanol–water partition coefficient (Wildman–Crippen LogP) is 2.32. The second-order valence-corrected chi connectivity index (χ2v) is 6.69. The third-order valence-electron chi connectivity index (χ3n) is 4.77. The predicted molar refractivity (Wildman–Crippen MR) is 107 cm³/mol. The molecule has 0 saturated carbocycles. The Morgan fingerprint density at radius 3 is 2.53 bits per heavy atom. The smallest absolute Gasteiger partial charge is 0.337 e. The van der Waals surface area contributed by atoms with Gasteiger partial charge in [0.1, 0.15) is 11.6 Å². The van der Waals surface area contributed by atoms with Crippen LogP contribution in [0.4, 0.5) is 8.78 Å². The molecule has 2 aromatic carbocycles. The van der Waals surface area contributed by atoms with Crippen molar-refractivity contribution in [3.05, 3.63) is 92.9 Å².